The molecular weight excluding hydrogens is 352 g/mol. The van der Waals surface area contributed by atoms with Crippen LogP contribution < -0.4 is 10.6 Å². The van der Waals surface area contributed by atoms with Gasteiger partial charge in [0.2, 0.25) is 5.91 Å². The third-order valence-corrected chi connectivity index (χ3v) is 4.86. The molecule has 1 aliphatic rings. The highest BCUT2D eigenvalue weighted by atomic mass is 32.1. The van der Waals surface area contributed by atoms with Crippen LogP contribution in [0.2, 0.25) is 0 Å². The molecule has 8 heteroatoms. The molecule has 7 nitrogen and oxygen atoms in total. The van der Waals surface area contributed by atoms with Crippen molar-refractivity contribution in [3.63, 3.8) is 0 Å². The van der Waals surface area contributed by atoms with Crippen LogP contribution in [0.15, 0.2) is 40.2 Å². The van der Waals surface area contributed by atoms with Gasteiger partial charge in [-0.05, 0) is 48.6 Å². The molecule has 1 saturated carbocycles. The van der Waals surface area contributed by atoms with E-state index in [9.17, 15) is 9.59 Å². The van der Waals surface area contributed by atoms with Gasteiger partial charge in [-0.15, -0.1) is 11.3 Å². The number of nitrogens with zero attached hydrogens (tertiary/aromatic N) is 2. The molecule has 0 aliphatic heterocycles. The topological polar surface area (TPSA) is 97.1 Å². The summed E-state index contributed by atoms with van der Waals surface area (Å²) in [5.74, 6) is 1.17. The number of anilines is 2. The molecule has 1 aromatic carbocycles. The molecule has 2 heterocycles. The first-order valence-corrected chi connectivity index (χ1v) is 9.08. The molecule has 2 aromatic heterocycles. The molecule has 2 amide bonds. The van der Waals surface area contributed by atoms with E-state index >= 15 is 0 Å². The van der Waals surface area contributed by atoms with Crippen LogP contribution in [0.25, 0.3) is 10.8 Å². The van der Waals surface area contributed by atoms with Crippen LogP contribution in [-0.2, 0) is 4.79 Å². The number of benzene rings is 1. The molecule has 0 saturated heterocycles. The molecule has 0 unspecified atom stereocenters. The third kappa shape index (κ3) is 3.50. The highest BCUT2D eigenvalue weighted by Gasteiger charge is 2.29. The van der Waals surface area contributed by atoms with Crippen molar-refractivity contribution < 1.29 is 14.1 Å². The van der Waals surface area contributed by atoms with Crippen molar-refractivity contribution in [2.75, 3.05) is 10.6 Å². The third-order valence-electron chi connectivity index (χ3n) is 3.96. The lowest BCUT2D eigenvalue weighted by Gasteiger charge is -2.06. The average molecular weight is 368 g/mol. The molecule has 1 fully saturated rings. The van der Waals surface area contributed by atoms with Crippen molar-refractivity contribution in [2.45, 2.75) is 25.7 Å². The molecule has 0 radical (unpaired) electrons. The summed E-state index contributed by atoms with van der Waals surface area (Å²) < 4.78 is 5.35. The minimum atomic E-state index is -0.249. The minimum Gasteiger partial charge on any atom is -0.333 e. The fraction of sp³-hybridized carbons (Fsp3) is 0.222. The van der Waals surface area contributed by atoms with Gasteiger partial charge in [-0.3, -0.25) is 9.59 Å². The van der Waals surface area contributed by atoms with Gasteiger partial charge in [0, 0.05) is 24.1 Å². The molecule has 3 aromatic rings. The Balaban J connectivity index is 1.49. The van der Waals surface area contributed by atoms with Crippen LogP contribution in [0, 0.1) is 0 Å². The van der Waals surface area contributed by atoms with Crippen LogP contribution in [-0.4, -0.2) is 22.0 Å². The predicted octanol–water partition coefficient (Wildman–Crippen LogP) is 3.89. The van der Waals surface area contributed by atoms with E-state index in [0.717, 1.165) is 23.5 Å². The van der Waals surface area contributed by atoms with Gasteiger partial charge in [0.25, 0.3) is 11.8 Å². The molecule has 4 rings (SSSR count). The summed E-state index contributed by atoms with van der Waals surface area (Å²) in [6.45, 7) is 1.44. The summed E-state index contributed by atoms with van der Waals surface area (Å²) in [6.07, 6.45) is 2.20. The number of carbonyl (C=O) groups excluding carboxylic acids is 2. The number of amides is 2. The van der Waals surface area contributed by atoms with Crippen molar-refractivity contribution in [3.8, 4) is 10.8 Å². The fourth-order valence-corrected chi connectivity index (χ4v) is 3.28. The Bertz CT molecular complexity index is 957. The van der Waals surface area contributed by atoms with E-state index in [0.29, 0.717) is 28.7 Å². The molecule has 0 atom stereocenters. The van der Waals surface area contributed by atoms with E-state index in [1.807, 2.05) is 11.4 Å². The normalized spacial score (nSPS) is 13.4. The van der Waals surface area contributed by atoms with E-state index in [1.54, 1.807) is 24.3 Å². The van der Waals surface area contributed by atoms with Gasteiger partial charge in [0.05, 0.1) is 5.69 Å². The van der Waals surface area contributed by atoms with E-state index in [-0.39, 0.29) is 11.8 Å². The van der Waals surface area contributed by atoms with Crippen LogP contribution >= 0.6 is 11.3 Å². The number of hydrogen-bond donors (Lipinski definition) is 2. The van der Waals surface area contributed by atoms with Gasteiger partial charge < -0.3 is 15.2 Å². The van der Waals surface area contributed by atoms with E-state index in [2.05, 4.69) is 20.8 Å². The minimum absolute atomic E-state index is 0.157. The van der Waals surface area contributed by atoms with Crippen LogP contribution in [0.5, 0.6) is 0 Å². The number of nitrogens with one attached hydrogen (secondary N) is 2. The first-order valence-electron chi connectivity index (χ1n) is 8.20. The largest absolute Gasteiger partial charge is 0.333 e. The lowest BCUT2D eigenvalue weighted by Crippen LogP contribution is -2.12. The molecule has 0 bridgehead atoms. The summed E-state index contributed by atoms with van der Waals surface area (Å²) in [6, 6.07) is 8.50. The highest BCUT2D eigenvalue weighted by molar-refractivity contribution is 7.14. The second-order valence-electron chi connectivity index (χ2n) is 6.11. The van der Waals surface area contributed by atoms with Crippen LogP contribution in [0.3, 0.4) is 0 Å². The molecule has 0 spiro atoms. The second kappa shape index (κ2) is 6.72. The zero-order valence-electron chi connectivity index (χ0n) is 14.0. The van der Waals surface area contributed by atoms with Gasteiger partial charge >= 0.3 is 0 Å². The molecule has 1 aliphatic carbocycles. The van der Waals surface area contributed by atoms with Crippen molar-refractivity contribution >= 4 is 34.5 Å². The van der Waals surface area contributed by atoms with Crippen LogP contribution in [0.1, 0.15) is 41.9 Å². The van der Waals surface area contributed by atoms with Gasteiger partial charge in [-0.25, -0.2) is 0 Å². The smallest absolute Gasteiger partial charge is 0.270 e. The zero-order chi connectivity index (χ0) is 18.1. The maximum atomic E-state index is 12.5. The molecule has 132 valence electrons. The number of aromatic nitrogens is 2. The summed E-state index contributed by atoms with van der Waals surface area (Å²) in [5.41, 5.74) is 1.76. The Morgan fingerprint density at radius 2 is 1.92 bits per heavy atom. The molecular formula is C18H16N4O3S. The Labute approximate surface area is 153 Å². The maximum absolute atomic E-state index is 12.5. The van der Waals surface area contributed by atoms with Gasteiger partial charge in [0.15, 0.2) is 5.82 Å². The second-order valence-corrected chi connectivity index (χ2v) is 7.02. The van der Waals surface area contributed by atoms with Crippen LogP contribution in [0.4, 0.5) is 11.4 Å². The monoisotopic (exact) mass is 368 g/mol. The Morgan fingerprint density at radius 3 is 2.62 bits per heavy atom. The first kappa shape index (κ1) is 16.5. The number of hydrogen-bond acceptors (Lipinski definition) is 6. The average Bonchev–Trinajstić information content (AvgIpc) is 3.17. The van der Waals surface area contributed by atoms with Crippen molar-refractivity contribution in [1.29, 1.82) is 0 Å². The standard InChI is InChI=1S/C18H16N4O3S/c1-10(23)19-13-6-4-12(5-7-13)17(24)20-14-8-9-26-15(14)18-21-16(22-25-18)11-2-3-11/h4-9,11H,2-3H2,1H3,(H,19,23)(H,20,24). The van der Waals surface area contributed by atoms with E-state index < -0.39 is 0 Å². The molecule has 26 heavy (non-hydrogen) atoms. The lowest BCUT2D eigenvalue weighted by molar-refractivity contribution is -0.114. The summed E-state index contributed by atoms with van der Waals surface area (Å²) >= 11 is 1.44. The van der Waals surface area contributed by atoms with Gasteiger partial charge in [-0.2, -0.15) is 4.98 Å². The van der Waals surface area contributed by atoms with E-state index in [1.165, 1.54) is 18.3 Å². The van der Waals surface area contributed by atoms with Crippen molar-refractivity contribution in [1.82, 2.24) is 10.1 Å². The maximum Gasteiger partial charge on any atom is 0.270 e. The summed E-state index contributed by atoms with van der Waals surface area (Å²) in [7, 11) is 0. The van der Waals surface area contributed by atoms with E-state index in [4.69, 9.17) is 4.52 Å². The molecule has 2 N–H and O–H groups in total. The van der Waals surface area contributed by atoms with Gasteiger partial charge in [-0.1, -0.05) is 5.16 Å². The number of rotatable bonds is 5. The fourth-order valence-electron chi connectivity index (χ4n) is 2.51. The lowest BCUT2D eigenvalue weighted by atomic mass is 10.2. The van der Waals surface area contributed by atoms with Crippen molar-refractivity contribution in [3.05, 3.63) is 47.1 Å². The van der Waals surface area contributed by atoms with Gasteiger partial charge in [0.1, 0.15) is 4.88 Å². The quantitative estimate of drug-likeness (QED) is 0.712. The number of carbonyl (C=O) groups is 2. The summed E-state index contributed by atoms with van der Waals surface area (Å²) in [5, 5.41) is 11.4. The van der Waals surface area contributed by atoms with Crippen molar-refractivity contribution in [2.24, 2.45) is 0 Å². The predicted molar refractivity (Wildman–Crippen MR) is 98.3 cm³/mol. The SMILES string of the molecule is CC(=O)Nc1ccc(C(=O)Nc2ccsc2-c2nc(C3CC3)no2)cc1. The zero-order valence-corrected chi connectivity index (χ0v) is 14.8. The Morgan fingerprint density at radius 1 is 1.15 bits per heavy atom. The highest BCUT2D eigenvalue weighted by Crippen LogP contribution is 2.40. The Kier molecular flexibility index (Phi) is 4.26. The Hall–Kier alpha value is -3.00. The summed E-state index contributed by atoms with van der Waals surface area (Å²) in [4.78, 5) is 28.7. The number of thiophene rings is 1. The first-order chi connectivity index (χ1) is 12.6.